The zero-order valence-electron chi connectivity index (χ0n) is 11.0. The van der Waals surface area contributed by atoms with E-state index in [4.69, 9.17) is 22.7 Å². The topological polar surface area (TPSA) is 64.3 Å². The zero-order chi connectivity index (χ0) is 15.1. The average molecular weight is 363 g/mol. The molecule has 0 aromatic heterocycles. The van der Waals surface area contributed by atoms with Crippen LogP contribution < -0.4 is 11.1 Å². The van der Waals surface area contributed by atoms with Crippen LogP contribution in [0.1, 0.15) is 25.3 Å². The monoisotopic (exact) mass is 362 g/mol. The number of carbonyl (C=O) groups is 1. The molecule has 0 fully saturated rings. The van der Waals surface area contributed by atoms with Gasteiger partial charge in [-0.25, -0.2) is 4.39 Å². The average Bonchev–Trinajstić information content (AvgIpc) is 2.39. The van der Waals surface area contributed by atoms with Crippen LogP contribution in [0.2, 0.25) is 0 Å². The molecule has 0 saturated carbocycles. The fraction of sp³-hybridized carbons (Fsp3) is 0.385. The maximum Gasteiger partial charge on any atom is 0.305 e. The normalized spacial score (nSPS) is 10.2. The standard InChI is InChI=1S/C13H16BrFN2O2S/c1-2-19-10(18)4-3-7-17-9-6-5-8(13(16)20)11(14)12(9)15/h5-6,17H,2-4,7H2,1H3,(H2,16,20). The first-order chi connectivity index (χ1) is 9.47. The van der Waals surface area contributed by atoms with Crippen molar-refractivity contribution in [3.8, 4) is 0 Å². The maximum absolute atomic E-state index is 14.0. The fourth-order valence-electron chi connectivity index (χ4n) is 1.57. The Labute approximate surface area is 131 Å². The van der Waals surface area contributed by atoms with E-state index in [-0.39, 0.29) is 15.4 Å². The molecule has 0 radical (unpaired) electrons. The van der Waals surface area contributed by atoms with Crippen LogP contribution in [-0.4, -0.2) is 24.1 Å². The molecule has 0 aliphatic heterocycles. The molecule has 0 heterocycles. The van der Waals surface area contributed by atoms with Gasteiger partial charge in [0, 0.05) is 18.5 Å². The van der Waals surface area contributed by atoms with Gasteiger partial charge >= 0.3 is 5.97 Å². The number of benzene rings is 1. The molecule has 0 bridgehead atoms. The summed E-state index contributed by atoms with van der Waals surface area (Å²) in [6.07, 6.45) is 0.863. The van der Waals surface area contributed by atoms with Crippen molar-refractivity contribution in [3.05, 3.63) is 28.0 Å². The Kier molecular flexibility index (Phi) is 6.87. The van der Waals surface area contributed by atoms with Gasteiger partial charge in [0.1, 0.15) is 4.99 Å². The Morgan fingerprint density at radius 3 is 2.85 bits per heavy atom. The highest BCUT2D eigenvalue weighted by Crippen LogP contribution is 2.27. The second-order valence-corrected chi connectivity index (χ2v) is 5.22. The van der Waals surface area contributed by atoms with Crippen molar-refractivity contribution in [3.63, 3.8) is 0 Å². The number of thiocarbonyl (C=S) groups is 1. The third kappa shape index (κ3) is 4.72. The quantitative estimate of drug-likeness (QED) is 0.443. The zero-order valence-corrected chi connectivity index (χ0v) is 13.4. The minimum Gasteiger partial charge on any atom is -0.466 e. The van der Waals surface area contributed by atoms with Gasteiger partial charge < -0.3 is 15.8 Å². The Morgan fingerprint density at radius 2 is 2.25 bits per heavy atom. The van der Waals surface area contributed by atoms with Gasteiger partial charge in [-0.15, -0.1) is 0 Å². The van der Waals surface area contributed by atoms with Gasteiger partial charge in [-0.2, -0.15) is 0 Å². The van der Waals surface area contributed by atoms with Gasteiger partial charge in [0.15, 0.2) is 5.82 Å². The van der Waals surface area contributed by atoms with Crippen LogP contribution in [-0.2, 0) is 9.53 Å². The molecule has 1 rings (SSSR count). The van der Waals surface area contributed by atoms with E-state index in [2.05, 4.69) is 21.2 Å². The molecule has 0 spiro atoms. The molecule has 0 amide bonds. The summed E-state index contributed by atoms with van der Waals surface area (Å²) in [5.41, 5.74) is 6.27. The number of esters is 1. The highest BCUT2D eigenvalue weighted by atomic mass is 79.9. The summed E-state index contributed by atoms with van der Waals surface area (Å²) in [6.45, 7) is 2.59. The van der Waals surface area contributed by atoms with Crippen LogP contribution in [0.3, 0.4) is 0 Å². The summed E-state index contributed by atoms with van der Waals surface area (Å²) < 4.78 is 19.1. The summed E-state index contributed by atoms with van der Waals surface area (Å²) in [5, 5.41) is 2.92. The lowest BCUT2D eigenvalue weighted by atomic mass is 10.2. The van der Waals surface area contributed by atoms with Crippen molar-refractivity contribution < 1.29 is 13.9 Å². The Morgan fingerprint density at radius 1 is 1.55 bits per heavy atom. The fourth-order valence-corrected chi connectivity index (χ4v) is 2.43. The van der Waals surface area contributed by atoms with Gasteiger partial charge in [-0.1, -0.05) is 12.2 Å². The van der Waals surface area contributed by atoms with Crippen molar-refractivity contribution in [2.24, 2.45) is 5.73 Å². The second-order valence-electron chi connectivity index (χ2n) is 3.99. The molecule has 0 aliphatic carbocycles. The molecule has 0 saturated heterocycles. The molecule has 7 heteroatoms. The first-order valence-electron chi connectivity index (χ1n) is 6.14. The minimum atomic E-state index is -0.452. The largest absolute Gasteiger partial charge is 0.466 e. The molecule has 1 aromatic carbocycles. The molecule has 0 atom stereocenters. The number of halogens is 2. The lowest BCUT2D eigenvalue weighted by Crippen LogP contribution is -2.13. The van der Waals surface area contributed by atoms with Crippen molar-refractivity contribution in [2.75, 3.05) is 18.5 Å². The van der Waals surface area contributed by atoms with E-state index in [9.17, 15) is 9.18 Å². The summed E-state index contributed by atoms with van der Waals surface area (Å²) in [5.74, 6) is -0.703. The molecule has 3 N–H and O–H groups in total. The highest BCUT2D eigenvalue weighted by Gasteiger charge is 2.12. The van der Waals surface area contributed by atoms with Gasteiger partial charge in [0.2, 0.25) is 0 Å². The lowest BCUT2D eigenvalue weighted by molar-refractivity contribution is -0.143. The molecule has 4 nitrogen and oxygen atoms in total. The molecule has 110 valence electrons. The number of hydrogen-bond acceptors (Lipinski definition) is 4. The van der Waals surface area contributed by atoms with Crippen LogP contribution in [0.4, 0.5) is 10.1 Å². The molecular weight excluding hydrogens is 347 g/mol. The van der Waals surface area contributed by atoms with E-state index in [1.807, 2.05) is 0 Å². The van der Waals surface area contributed by atoms with Crippen LogP contribution in [0.25, 0.3) is 0 Å². The number of ether oxygens (including phenoxy) is 1. The SMILES string of the molecule is CCOC(=O)CCCNc1ccc(C(N)=S)c(Br)c1F. The highest BCUT2D eigenvalue weighted by molar-refractivity contribution is 9.10. The third-order valence-corrected chi connectivity index (χ3v) is 3.52. The predicted octanol–water partition coefficient (Wildman–Crippen LogP) is 2.98. The minimum absolute atomic E-state index is 0.129. The summed E-state index contributed by atoms with van der Waals surface area (Å²) in [4.78, 5) is 11.3. The van der Waals surface area contributed by atoms with E-state index in [0.29, 0.717) is 37.2 Å². The Balaban J connectivity index is 2.55. The number of anilines is 1. The third-order valence-electron chi connectivity index (χ3n) is 2.53. The first-order valence-corrected chi connectivity index (χ1v) is 7.34. The maximum atomic E-state index is 14.0. The van der Waals surface area contributed by atoms with Crippen LogP contribution >= 0.6 is 28.1 Å². The molecule has 0 unspecified atom stereocenters. The molecule has 0 aliphatic rings. The van der Waals surface area contributed by atoms with E-state index in [1.54, 1.807) is 19.1 Å². The predicted molar refractivity (Wildman–Crippen MR) is 84.3 cm³/mol. The van der Waals surface area contributed by atoms with E-state index < -0.39 is 5.82 Å². The van der Waals surface area contributed by atoms with Gasteiger partial charge in [-0.3, -0.25) is 4.79 Å². The summed E-state index contributed by atoms with van der Waals surface area (Å²) in [6, 6.07) is 3.21. The number of nitrogens with two attached hydrogens (primary N) is 1. The van der Waals surface area contributed by atoms with E-state index in [1.165, 1.54) is 0 Å². The number of nitrogens with one attached hydrogen (secondary N) is 1. The van der Waals surface area contributed by atoms with Crippen molar-refractivity contribution in [1.82, 2.24) is 0 Å². The Hall–Kier alpha value is -1.21. The number of hydrogen-bond donors (Lipinski definition) is 2. The summed E-state index contributed by atoms with van der Waals surface area (Å²) >= 11 is 7.95. The smallest absolute Gasteiger partial charge is 0.305 e. The Bertz CT molecular complexity index is 511. The van der Waals surface area contributed by atoms with Crippen LogP contribution in [0.15, 0.2) is 16.6 Å². The van der Waals surface area contributed by atoms with Crippen molar-refractivity contribution in [1.29, 1.82) is 0 Å². The van der Waals surface area contributed by atoms with Crippen LogP contribution in [0.5, 0.6) is 0 Å². The molecule has 20 heavy (non-hydrogen) atoms. The lowest BCUT2D eigenvalue weighted by Gasteiger charge is -2.11. The number of rotatable bonds is 7. The van der Waals surface area contributed by atoms with Gasteiger partial charge in [-0.05, 0) is 41.4 Å². The van der Waals surface area contributed by atoms with E-state index >= 15 is 0 Å². The van der Waals surface area contributed by atoms with Crippen LogP contribution in [0, 0.1) is 5.82 Å². The second kappa shape index (κ2) is 8.16. The van der Waals surface area contributed by atoms with Gasteiger partial charge in [0.05, 0.1) is 16.8 Å². The molecule has 1 aromatic rings. The van der Waals surface area contributed by atoms with Crippen molar-refractivity contribution >= 4 is 44.8 Å². The van der Waals surface area contributed by atoms with Crippen molar-refractivity contribution in [2.45, 2.75) is 19.8 Å². The van der Waals surface area contributed by atoms with E-state index in [0.717, 1.165) is 0 Å². The summed E-state index contributed by atoms with van der Waals surface area (Å²) in [7, 11) is 0. The number of carbonyl (C=O) groups excluding carboxylic acids is 1. The van der Waals surface area contributed by atoms with Gasteiger partial charge in [0.25, 0.3) is 0 Å². The molecular formula is C13H16BrFN2O2S. The first kappa shape index (κ1) is 16.8.